The maximum Gasteiger partial charge on any atom is 0.319 e. The van der Waals surface area contributed by atoms with Crippen molar-refractivity contribution in [2.45, 2.75) is 19.9 Å². The lowest BCUT2D eigenvalue weighted by atomic mass is 10.0. The predicted molar refractivity (Wildman–Crippen MR) is 71.4 cm³/mol. The van der Waals surface area contributed by atoms with Gasteiger partial charge < -0.3 is 20.5 Å². The molecule has 0 aromatic heterocycles. The van der Waals surface area contributed by atoms with Crippen LogP contribution in [0.2, 0.25) is 0 Å². The second kappa shape index (κ2) is 6.63. The Balaban J connectivity index is 2.52. The molecular formula is C13H18N2O4. The number of nitrogens with one attached hydrogen (secondary N) is 2. The average molecular weight is 266 g/mol. The molecule has 104 valence electrons. The van der Waals surface area contributed by atoms with Gasteiger partial charge in [-0.1, -0.05) is 0 Å². The molecule has 0 radical (unpaired) electrons. The fraction of sp³-hybridized carbons (Fsp3) is 0.385. The van der Waals surface area contributed by atoms with Crippen LogP contribution in [0.4, 0.5) is 10.5 Å². The van der Waals surface area contributed by atoms with E-state index in [4.69, 9.17) is 9.84 Å². The zero-order valence-electron chi connectivity index (χ0n) is 11.1. The third kappa shape index (κ3) is 4.50. The number of amides is 2. The molecule has 6 heteroatoms. The Morgan fingerprint density at radius 1 is 1.21 bits per heavy atom. The molecule has 2 unspecified atom stereocenters. The van der Waals surface area contributed by atoms with Gasteiger partial charge in [0.25, 0.3) is 0 Å². The Morgan fingerprint density at radius 2 is 1.79 bits per heavy atom. The van der Waals surface area contributed by atoms with Crippen LogP contribution >= 0.6 is 0 Å². The van der Waals surface area contributed by atoms with Crippen LogP contribution in [0.15, 0.2) is 24.3 Å². The van der Waals surface area contributed by atoms with E-state index < -0.39 is 24.0 Å². The summed E-state index contributed by atoms with van der Waals surface area (Å²) in [6.45, 7) is 3.19. The predicted octanol–water partition coefficient (Wildman–Crippen LogP) is 1.93. The summed E-state index contributed by atoms with van der Waals surface area (Å²) in [5, 5.41) is 14.0. The fourth-order valence-electron chi connectivity index (χ4n) is 1.39. The van der Waals surface area contributed by atoms with E-state index in [9.17, 15) is 9.59 Å². The molecule has 0 aliphatic heterocycles. The summed E-state index contributed by atoms with van der Waals surface area (Å²) in [7, 11) is 1.56. The highest BCUT2D eigenvalue weighted by atomic mass is 16.5. The maximum atomic E-state index is 11.7. The van der Waals surface area contributed by atoms with Crippen LogP contribution in [0.25, 0.3) is 0 Å². The molecule has 1 aromatic rings. The van der Waals surface area contributed by atoms with Crippen molar-refractivity contribution in [3.05, 3.63) is 24.3 Å². The Kier molecular flexibility index (Phi) is 5.17. The number of hydrogen-bond donors (Lipinski definition) is 3. The minimum absolute atomic E-state index is 0.439. The molecule has 0 saturated carbocycles. The van der Waals surface area contributed by atoms with Crippen LogP contribution in [0, 0.1) is 5.92 Å². The quantitative estimate of drug-likeness (QED) is 0.759. The number of aliphatic carboxylic acids is 1. The number of methoxy groups -OCH3 is 1. The average Bonchev–Trinajstić information content (AvgIpc) is 2.38. The minimum Gasteiger partial charge on any atom is -0.497 e. The highest BCUT2D eigenvalue weighted by Gasteiger charge is 2.20. The normalized spacial score (nSPS) is 13.2. The zero-order valence-corrected chi connectivity index (χ0v) is 11.1. The Hall–Kier alpha value is -2.24. The standard InChI is InChI=1S/C13H18N2O4/c1-8(12(16)17)9(2)14-13(18)15-10-4-6-11(19-3)7-5-10/h4-9H,1-3H3,(H,16,17)(H2,14,15,18). The van der Waals surface area contributed by atoms with Crippen LogP contribution in [-0.4, -0.2) is 30.3 Å². The Bertz CT molecular complexity index is 444. The van der Waals surface area contributed by atoms with Crippen LogP contribution in [-0.2, 0) is 4.79 Å². The molecule has 1 aromatic carbocycles. The van der Waals surface area contributed by atoms with Gasteiger partial charge in [0.2, 0.25) is 0 Å². The molecule has 0 aliphatic carbocycles. The van der Waals surface area contributed by atoms with E-state index >= 15 is 0 Å². The molecular weight excluding hydrogens is 248 g/mol. The molecule has 0 bridgehead atoms. The monoisotopic (exact) mass is 266 g/mol. The molecule has 0 saturated heterocycles. The molecule has 2 atom stereocenters. The molecule has 0 spiro atoms. The van der Waals surface area contributed by atoms with Gasteiger partial charge in [-0.3, -0.25) is 4.79 Å². The topological polar surface area (TPSA) is 87.7 Å². The number of anilines is 1. The number of ether oxygens (including phenoxy) is 1. The number of carbonyl (C=O) groups is 2. The minimum atomic E-state index is -0.947. The lowest BCUT2D eigenvalue weighted by molar-refractivity contribution is -0.141. The first-order chi connectivity index (χ1) is 8.93. The van der Waals surface area contributed by atoms with Gasteiger partial charge >= 0.3 is 12.0 Å². The van der Waals surface area contributed by atoms with Gasteiger partial charge in [-0.2, -0.15) is 0 Å². The molecule has 2 amide bonds. The second-order valence-corrected chi connectivity index (χ2v) is 4.24. The summed E-state index contributed by atoms with van der Waals surface area (Å²) >= 11 is 0. The summed E-state index contributed by atoms with van der Waals surface area (Å²) < 4.78 is 5.00. The van der Waals surface area contributed by atoms with Crippen LogP contribution in [0.5, 0.6) is 5.75 Å². The molecule has 19 heavy (non-hydrogen) atoms. The first-order valence-corrected chi connectivity index (χ1v) is 5.88. The van der Waals surface area contributed by atoms with E-state index in [0.717, 1.165) is 0 Å². The lowest BCUT2D eigenvalue weighted by Gasteiger charge is -2.18. The second-order valence-electron chi connectivity index (χ2n) is 4.24. The van der Waals surface area contributed by atoms with Gasteiger partial charge in [-0.15, -0.1) is 0 Å². The number of carboxylic acid groups (broad SMARTS) is 1. The zero-order chi connectivity index (χ0) is 14.4. The summed E-state index contributed by atoms with van der Waals surface area (Å²) in [4.78, 5) is 22.4. The number of rotatable bonds is 5. The van der Waals surface area contributed by atoms with Gasteiger partial charge in [-0.25, -0.2) is 4.79 Å². The molecule has 0 heterocycles. The van der Waals surface area contributed by atoms with E-state index in [2.05, 4.69) is 10.6 Å². The smallest absolute Gasteiger partial charge is 0.319 e. The maximum absolute atomic E-state index is 11.7. The van der Waals surface area contributed by atoms with Crippen molar-refractivity contribution in [1.82, 2.24) is 5.32 Å². The first-order valence-electron chi connectivity index (χ1n) is 5.88. The van der Waals surface area contributed by atoms with Crippen molar-refractivity contribution < 1.29 is 19.4 Å². The number of carbonyl (C=O) groups excluding carboxylic acids is 1. The van der Waals surface area contributed by atoms with Gasteiger partial charge in [0, 0.05) is 11.7 Å². The number of carboxylic acids is 1. The molecule has 0 aliphatic rings. The third-order valence-corrected chi connectivity index (χ3v) is 2.85. The largest absolute Gasteiger partial charge is 0.497 e. The van der Waals surface area contributed by atoms with Gasteiger partial charge in [-0.05, 0) is 38.1 Å². The summed E-state index contributed by atoms with van der Waals surface area (Å²) in [5.41, 5.74) is 0.605. The lowest BCUT2D eigenvalue weighted by Crippen LogP contribution is -2.42. The van der Waals surface area contributed by atoms with Crippen LogP contribution in [0.3, 0.4) is 0 Å². The molecule has 0 fully saturated rings. The SMILES string of the molecule is COc1ccc(NC(=O)NC(C)C(C)C(=O)O)cc1. The summed E-state index contributed by atoms with van der Waals surface area (Å²) in [5.74, 6) is -0.905. The van der Waals surface area contributed by atoms with Crippen molar-refractivity contribution in [2.24, 2.45) is 5.92 Å². The van der Waals surface area contributed by atoms with Gasteiger partial charge in [0.1, 0.15) is 5.75 Å². The molecule has 1 rings (SSSR count). The first kappa shape index (κ1) is 14.8. The van der Waals surface area contributed by atoms with Crippen molar-refractivity contribution >= 4 is 17.7 Å². The number of hydrogen-bond acceptors (Lipinski definition) is 3. The highest BCUT2D eigenvalue weighted by Crippen LogP contribution is 2.14. The Morgan fingerprint density at radius 3 is 2.26 bits per heavy atom. The fourth-order valence-corrected chi connectivity index (χ4v) is 1.39. The van der Waals surface area contributed by atoms with Crippen molar-refractivity contribution in [3.63, 3.8) is 0 Å². The van der Waals surface area contributed by atoms with E-state index in [-0.39, 0.29) is 0 Å². The third-order valence-electron chi connectivity index (χ3n) is 2.85. The van der Waals surface area contributed by atoms with Crippen molar-refractivity contribution in [2.75, 3.05) is 12.4 Å². The van der Waals surface area contributed by atoms with E-state index in [1.54, 1.807) is 45.2 Å². The van der Waals surface area contributed by atoms with Gasteiger partial charge in [0.15, 0.2) is 0 Å². The van der Waals surface area contributed by atoms with Crippen molar-refractivity contribution in [1.29, 1.82) is 0 Å². The van der Waals surface area contributed by atoms with Crippen LogP contribution in [0.1, 0.15) is 13.8 Å². The van der Waals surface area contributed by atoms with E-state index in [1.807, 2.05) is 0 Å². The van der Waals surface area contributed by atoms with Gasteiger partial charge in [0.05, 0.1) is 13.0 Å². The van der Waals surface area contributed by atoms with Crippen LogP contribution < -0.4 is 15.4 Å². The molecule has 3 N–H and O–H groups in total. The van der Waals surface area contributed by atoms with Crippen molar-refractivity contribution in [3.8, 4) is 5.75 Å². The summed E-state index contributed by atoms with van der Waals surface area (Å²) in [6, 6.07) is 5.94. The highest BCUT2D eigenvalue weighted by molar-refractivity contribution is 5.89. The molecule has 6 nitrogen and oxygen atoms in total. The number of urea groups is 1. The number of benzene rings is 1. The van der Waals surface area contributed by atoms with E-state index in [0.29, 0.717) is 11.4 Å². The van der Waals surface area contributed by atoms with E-state index in [1.165, 1.54) is 0 Å². The summed E-state index contributed by atoms with van der Waals surface area (Å²) in [6.07, 6.45) is 0. The Labute approximate surface area is 111 Å².